The number of hydrogen-bond acceptors (Lipinski definition) is 3. The number of pyridine rings is 1. The number of carbonyl (C=O) groups is 1. The van der Waals surface area contributed by atoms with Crippen molar-refractivity contribution in [3.8, 4) is 0 Å². The first-order valence-electron chi connectivity index (χ1n) is 9.24. The van der Waals surface area contributed by atoms with Crippen molar-refractivity contribution in [2.24, 2.45) is 0 Å². The molecule has 0 atom stereocenters. The Bertz CT molecular complexity index is 858. The summed E-state index contributed by atoms with van der Waals surface area (Å²) in [4.78, 5) is 19.0. The predicted octanol–water partition coefficient (Wildman–Crippen LogP) is 4.60. The second-order valence-electron chi connectivity index (χ2n) is 6.62. The first-order valence-corrected chi connectivity index (χ1v) is 9.24. The molecule has 0 aliphatic rings. The maximum atomic E-state index is 12.2. The molecule has 27 heavy (non-hydrogen) atoms. The van der Waals surface area contributed by atoms with Crippen molar-refractivity contribution in [3.05, 3.63) is 89.6 Å². The minimum absolute atomic E-state index is 0.0370. The summed E-state index contributed by atoms with van der Waals surface area (Å²) in [7, 11) is 0. The summed E-state index contributed by atoms with van der Waals surface area (Å²) in [6.45, 7) is 5.82. The van der Waals surface area contributed by atoms with Crippen LogP contribution in [0.2, 0.25) is 0 Å². The van der Waals surface area contributed by atoms with Crippen LogP contribution in [0.5, 0.6) is 0 Å². The monoisotopic (exact) mass is 359 g/mol. The number of aryl methyl sites for hydroxylation is 1. The highest BCUT2D eigenvalue weighted by Crippen LogP contribution is 2.17. The zero-order chi connectivity index (χ0) is 19.1. The summed E-state index contributed by atoms with van der Waals surface area (Å²) in [5.41, 5.74) is 4.15. The van der Waals surface area contributed by atoms with Gasteiger partial charge in [0.2, 0.25) is 5.91 Å². The molecule has 138 valence electrons. The lowest BCUT2D eigenvalue weighted by molar-refractivity contribution is -0.115. The Morgan fingerprint density at radius 1 is 0.963 bits per heavy atom. The van der Waals surface area contributed by atoms with Gasteiger partial charge in [-0.2, -0.15) is 0 Å². The molecule has 0 saturated carbocycles. The van der Waals surface area contributed by atoms with Crippen LogP contribution in [0.4, 0.5) is 11.5 Å². The maximum Gasteiger partial charge on any atom is 0.228 e. The van der Waals surface area contributed by atoms with Crippen molar-refractivity contribution in [2.45, 2.75) is 26.8 Å². The third-order valence-corrected chi connectivity index (χ3v) is 4.44. The van der Waals surface area contributed by atoms with E-state index in [0.29, 0.717) is 12.1 Å². The molecule has 2 aromatic carbocycles. The third-order valence-electron chi connectivity index (χ3n) is 4.44. The largest absolute Gasteiger partial charge is 0.353 e. The van der Waals surface area contributed by atoms with Gasteiger partial charge in [0.25, 0.3) is 0 Å². The first kappa shape index (κ1) is 18.6. The van der Waals surface area contributed by atoms with E-state index in [9.17, 15) is 4.79 Å². The second kappa shape index (κ2) is 8.99. The van der Waals surface area contributed by atoms with Crippen molar-refractivity contribution in [2.75, 3.05) is 16.8 Å². The summed E-state index contributed by atoms with van der Waals surface area (Å²) in [6, 6.07) is 22.2. The van der Waals surface area contributed by atoms with Gasteiger partial charge in [0.15, 0.2) is 0 Å². The number of carbonyl (C=O) groups excluding carboxylic acids is 1. The average Bonchev–Trinajstić information content (AvgIpc) is 2.69. The van der Waals surface area contributed by atoms with E-state index in [4.69, 9.17) is 0 Å². The standard InChI is InChI=1S/C23H25N3O/c1-3-26(17-20-7-5-4-6-8-20)22-14-13-21(16-24-22)25-23(27)15-19-11-9-18(2)10-12-19/h4-14,16H,3,15,17H2,1-2H3,(H,25,27). The maximum absolute atomic E-state index is 12.2. The lowest BCUT2D eigenvalue weighted by Crippen LogP contribution is -2.23. The molecule has 0 radical (unpaired) electrons. The predicted molar refractivity (Wildman–Crippen MR) is 111 cm³/mol. The normalized spacial score (nSPS) is 10.4. The van der Waals surface area contributed by atoms with Crippen LogP contribution < -0.4 is 10.2 Å². The molecule has 0 fully saturated rings. The minimum Gasteiger partial charge on any atom is -0.353 e. The number of hydrogen-bond donors (Lipinski definition) is 1. The zero-order valence-electron chi connectivity index (χ0n) is 15.9. The Morgan fingerprint density at radius 3 is 2.33 bits per heavy atom. The van der Waals surface area contributed by atoms with E-state index in [1.807, 2.05) is 61.5 Å². The minimum atomic E-state index is -0.0370. The molecular formula is C23H25N3O. The van der Waals surface area contributed by atoms with Crippen LogP contribution in [0.1, 0.15) is 23.6 Å². The van der Waals surface area contributed by atoms with E-state index in [-0.39, 0.29) is 5.91 Å². The second-order valence-corrected chi connectivity index (χ2v) is 6.62. The van der Waals surface area contributed by atoms with Gasteiger partial charge in [-0.05, 0) is 37.1 Å². The number of benzene rings is 2. The Morgan fingerprint density at radius 2 is 1.70 bits per heavy atom. The van der Waals surface area contributed by atoms with Gasteiger partial charge in [-0.3, -0.25) is 4.79 Å². The van der Waals surface area contributed by atoms with Crippen molar-refractivity contribution >= 4 is 17.4 Å². The number of amides is 1. The summed E-state index contributed by atoms with van der Waals surface area (Å²) >= 11 is 0. The highest BCUT2D eigenvalue weighted by atomic mass is 16.1. The fourth-order valence-electron chi connectivity index (χ4n) is 2.90. The molecule has 0 unspecified atom stereocenters. The highest BCUT2D eigenvalue weighted by molar-refractivity contribution is 5.92. The van der Waals surface area contributed by atoms with Gasteiger partial charge in [-0.1, -0.05) is 60.2 Å². The fourth-order valence-corrected chi connectivity index (χ4v) is 2.90. The SMILES string of the molecule is CCN(Cc1ccccc1)c1ccc(NC(=O)Cc2ccc(C)cc2)cn1. The Labute approximate surface area is 160 Å². The van der Waals surface area contributed by atoms with Gasteiger partial charge >= 0.3 is 0 Å². The van der Waals surface area contributed by atoms with Crippen LogP contribution in [0.25, 0.3) is 0 Å². The zero-order valence-corrected chi connectivity index (χ0v) is 15.9. The molecule has 4 heteroatoms. The summed E-state index contributed by atoms with van der Waals surface area (Å²) < 4.78 is 0. The van der Waals surface area contributed by atoms with Crippen LogP contribution in [-0.4, -0.2) is 17.4 Å². The molecule has 0 bridgehead atoms. The Balaban J connectivity index is 1.60. The van der Waals surface area contributed by atoms with Crippen molar-refractivity contribution < 1.29 is 4.79 Å². The van der Waals surface area contributed by atoms with E-state index >= 15 is 0 Å². The van der Waals surface area contributed by atoms with Crippen LogP contribution >= 0.6 is 0 Å². The van der Waals surface area contributed by atoms with Crippen LogP contribution in [0.3, 0.4) is 0 Å². The number of nitrogens with zero attached hydrogens (tertiary/aromatic N) is 2. The molecule has 0 aliphatic carbocycles. The van der Waals surface area contributed by atoms with Crippen molar-refractivity contribution in [3.63, 3.8) is 0 Å². The van der Waals surface area contributed by atoms with Gasteiger partial charge in [-0.15, -0.1) is 0 Å². The molecular weight excluding hydrogens is 334 g/mol. The fraction of sp³-hybridized carbons (Fsp3) is 0.217. The molecule has 1 amide bonds. The van der Waals surface area contributed by atoms with Gasteiger partial charge in [0, 0.05) is 13.1 Å². The van der Waals surface area contributed by atoms with Gasteiger partial charge in [-0.25, -0.2) is 4.98 Å². The van der Waals surface area contributed by atoms with E-state index < -0.39 is 0 Å². The summed E-state index contributed by atoms with van der Waals surface area (Å²) in [6.07, 6.45) is 2.08. The smallest absolute Gasteiger partial charge is 0.228 e. The molecule has 0 aliphatic heterocycles. The Hall–Kier alpha value is -3.14. The number of nitrogens with one attached hydrogen (secondary N) is 1. The molecule has 0 spiro atoms. The summed E-state index contributed by atoms with van der Waals surface area (Å²) in [5.74, 6) is 0.864. The Kier molecular flexibility index (Phi) is 6.21. The lowest BCUT2D eigenvalue weighted by atomic mass is 10.1. The molecule has 1 aromatic heterocycles. The van der Waals surface area contributed by atoms with Gasteiger partial charge in [0.1, 0.15) is 5.82 Å². The molecule has 0 saturated heterocycles. The molecule has 3 rings (SSSR count). The molecule has 1 N–H and O–H groups in total. The van der Waals surface area contributed by atoms with E-state index in [1.165, 1.54) is 11.1 Å². The van der Waals surface area contributed by atoms with Crippen molar-refractivity contribution in [1.82, 2.24) is 4.98 Å². The third kappa shape index (κ3) is 5.42. The van der Waals surface area contributed by atoms with Crippen LogP contribution in [-0.2, 0) is 17.8 Å². The van der Waals surface area contributed by atoms with Gasteiger partial charge in [0.05, 0.1) is 18.3 Å². The topological polar surface area (TPSA) is 45.2 Å². The van der Waals surface area contributed by atoms with E-state index in [0.717, 1.165) is 24.5 Å². The molecule has 4 nitrogen and oxygen atoms in total. The quantitative estimate of drug-likeness (QED) is 0.671. The van der Waals surface area contributed by atoms with Crippen molar-refractivity contribution in [1.29, 1.82) is 0 Å². The average molecular weight is 359 g/mol. The van der Waals surface area contributed by atoms with Gasteiger partial charge < -0.3 is 10.2 Å². The number of rotatable bonds is 7. The molecule has 3 aromatic rings. The van der Waals surface area contributed by atoms with Crippen LogP contribution in [0.15, 0.2) is 72.9 Å². The highest BCUT2D eigenvalue weighted by Gasteiger charge is 2.08. The lowest BCUT2D eigenvalue weighted by Gasteiger charge is -2.22. The van der Waals surface area contributed by atoms with E-state index in [1.54, 1.807) is 6.20 Å². The molecule has 1 heterocycles. The first-order chi connectivity index (χ1) is 13.1. The number of anilines is 2. The van der Waals surface area contributed by atoms with Crippen LogP contribution in [0, 0.1) is 6.92 Å². The van der Waals surface area contributed by atoms with E-state index in [2.05, 4.69) is 34.3 Å². The summed E-state index contributed by atoms with van der Waals surface area (Å²) in [5, 5.41) is 2.92. The number of aromatic nitrogens is 1.